The van der Waals surface area contributed by atoms with Gasteiger partial charge >= 0.3 is 0 Å². The molecule has 0 saturated carbocycles. The molecule has 8 heavy (non-hydrogen) atoms. The average Bonchev–Trinajstić information content (AvgIpc) is 1.83. The third-order valence-corrected chi connectivity index (χ3v) is 1.49. The molecule has 3 heteroatoms. The maximum absolute atomic E-state index is 8.82. The highest BCUT2D eigenvalue weighted by molar-refractivity contribution is 8.03. The highest BCUT2D eigenvalue weighted by atomic mass is 32.2. The van der Waals surface area contributed by atoms with Crippen molar-refractivity contribution in [3.63, 3.8) is 0 Å². The van der Waals surface area contributed by atoms with Crippen molar-refractivity contribution in [2.75, 3.05) is 5.75 Å². The molecule has 0 aromatic carbocycles. The summed E-state index contributed by atoms with van der Waals surface area (Å²) >= 11 is 1.10. The predicted molar refractivity (Wildman–Crippen MR) is 34.4 cm³/mol. The van der Waals surface area contributed by atoms with Crippen LogP contribution in [0.15, 0.2) is 0 Å². The molecule has 0 aliphatic carbocycles. The van der Waals surface area contributed by atoms with Gasteiger partial charge < -0.3 is 5.11 Å². The topological polar surface area (TPSA) is 44.0 Å². The van der Waals surface area contributed by atoms with Crippen molar-refractivity contribution in [3.8, 4) is 5.40 Å². The van der Waals surface area contributed by atoms with Crippen LogP contribution >= 0.6 is 11.8 Å². The van der Waals surface area contributed by atoms with Gasteiger partial charge in [0.05, 0.1) is 6.10 Å². The van der Waals surface area contributed by atoms with Crippen molar-refractivity contribution in [2.24, 2.45) is 0 Å². The van der Waals surface area contributed by atoms with E-state index < -0.39 is 0 Å². The molecule has 0 heterocycles. The Labute approximate surface area is 53.5 Å². The molecule has 0 bridgehead atoms. The minimum absolute atomic E-state index is 0.306. The first-order chi connectivity index (χ1) is 3.81. The van der Waals surface area contributed by atoms with Gasteiger partial charge in [-0.05, 0) is 18.2 Å². The first kappa shape index (κ1) is 7.80. The Bertz CT molecular complexity index is 88.9. The number of hydrogen-bond acceptors (Lipinski definition) is 3. The van der Waals surface area contributed by atoms with Gasteiger partial charge in [-0.25, -0.2) is 0 Å². The first-order valence-electron chi connectivity index (χ1n) is 2.50. The summed E-state index contributed by atoms with van der Waals surface area (Å²) in [4.78, 5) is 0. The van der Waals surface area contributed by atoms with Gasteiger partial charge in [0.15, 0.2) is 0 Å². The van der Waals surface area contributed by atoms with Crippen LogP contribution in [0.3, 0.4) is 0 Å². The Balaban J connectivity index is 3.01. The van der Waals surface area contributed by atoms with E-state index in [4.69, 9.17) is 10.4 Å². The number of nitriles is 1. The van der Waals surface area contributed by atoms with Crippen LogP contribution in [0.1, 0.15) is 13.3 Å². The first-order valence-corrected chi connectivity index (χ1v) is 3.48. The van der Waals surface area contributed by atoms with Crippen molar-refractivity contribution in [2.45, 2.75) is 19.4 Å². The van der Waals surface area contributed by atoms with E-state index >= 15 is 0 Å². The lowest BCUT2D eigenvalue weighted by molar-refractivity contribution is 0.195. The van der Waals surface area contributed by atoms with E-state index in [-0.39, 0.29) is 6.10 Å². The smallest absolute Gasteiger partial charge is 0.133 e. The molecule has 1 N–H and O–H groups in total. The Kier molecular flexibility index (Phi) is 4.82. The van der Waals surface area contributed by atoms with Gasteiger partial charge in [0.25, 0.3) is 0 Å². The Morgan fingerprint density at radius 2 is 2.50 bits per heavy atom. The number of thioether (sulfide) groups is 1. The maximum atomic E-state index is 8.82. The van der Waals surface area contributed by atoms with Crippen LogP contribution < -0.4 is 0 Å². The largest absolute Gasteiger partial charge is 0.392 e. The van der Waals surface area contributed by atoms with Gasteiger partial charge in [-0.1, -0.05) is 6.92 Å². The summed E-state index contributed by atoms with van der Waals surface area (Å²) < 4.78 is 0. The second kappa shape index (κ2) is 4.95. The lowest BCUT2D eigenvalue weighted by atomic mass is 10.3. The van der Waals surface area contributed by atoms with Crippen LogP contribution in [-0.2, 0) is 0 Å². The molecule has 0 radical (unpaired) electrons. The third-order valence-electron chi connectivity index (χ3n) is 0.812. The number of rotatable bonds is 3. The molecule has 0 aliphatic heterocycles. The van der Waals surface area contributed by atoms with Crippen molar-refractivity contribution in [1.82, 2.24) is 0 Å². The lowest BCUT2D eigenvalue weighted by Gasteiger charge is -2.00. The molecule has 0 aliphatic rings. The molecule has 0 aromatic heterocycles. The molecule has 46 valence electrons. The molecule has 0 spiro atoms. The Hall–Kier alpha value is -0.200. The van der Waals surface area contributed by atoms with E-state index in [9.17, 15) is 0 Å². The van der Waals surface area contributed by atoms with Gasteiger partial charge in [-0.15, -0.1) is 0 Å². The van der Waals surface area contributed by atoms with E-state index in [1.165, 1.54) is 0 Å². The second-order valence-corrected chi connectivity index (χ2v) is 2.27. The van der Waals surface area contributed by atoms with E-state index in [1.807, 2.05) is 12.3 Å². The number of thiocyanates is 1. The molecule has 0 saturated heterocycles. The molecule has 0 fully saturated rings. The minimum atomic E-state index is -0.306. The van der Waals surface area contributed by atoms with E-state index in [1.54, 1.807) is 0 Å². The van der Waals surface area contributed by atoms with Crippen molar-refractivity contribution >= 4 is 11.8 Å². The molecule has 1 atom stereocenters. The fourth-order valence-corrected chi connectivity index (χ4v) is 0.754. The highest BCUT2D eigenvalue weighted by Crippen LogP contribution is 2.01. The lowest BCUT2D eigenvalue weighted by Crippen LogP contribution is -2.06. The SMILES string of the molecule is CCC(O)CSC#N. The quantitative estimate of drug-likeness (QED) is 0.580. The van der Waals surface area contributed by atoms with Crippen molar-refractivity contribution in [1.29, 1.82) is 5.26 Å². The third kappa shape index (κ3) is 3.97. The maximum Gasteiger partial charge on any atom is 0.133 e. The molecule has 1 unspecified atom stereocenters. The molecular weight excluding hydrogens is 122 g/mol. The summed E-state index contributed by atoms with van der Waals surface area (Å²) in [5.74, 6) is 0.535. The van der Waals surface area contributed by atoms with Crippen molar-refractivity contribution < 1.29 is 5.11 Å². The van der Waals surface area contributed by atoms with Crippen LogP contribution in [-0.4, -0.2) is 17.0 Å². The fraction of sp³-hybridized carbons (Fsp3) is 0.800. The number of nitrogens with zero attached hydrogens (tertiary/aromatic N) is 1. The molecule has 0 amide bonds. The molecule has 0 aromatic rings. The second-order valence-electron chi connectivity index (χ2n) is 1.46. The van der Waals surface area contributed by atoms with Crippen LogP contribution in [0.2, 0.25) is 0 Å². The number of hydrogen-bond donors (Lipinski definition) is 1. The van der Waals surface area contributed by atoms with Gasteiger partial charge in [-0.2, -0.15) is 5.26 Å². The summed E-state index contributed by atoms with van der Waals surface area (Å²) in [5.41, 5.74) is 0. The molecular formula is C5H9NOS. The summed E-state index contributed by atoms with van der Waals surface area (Å²) in [7, 11) is 0. The Morgan fingerprint density at radius 3 is 2.88 bits per heavy atom. The predicted octanol–water partition coefficient (Wildman–Crippen LogP) is 0.972. The highest BCUT2D eigenvalue weighted by Gasteiger charge is 1.97. The van der Waals surface area contributed by atoms with Crippen molar-refractivity contribution in [3.05, 3.63) is 0 Å². The molecule has 2 nitrogen and oxygen atoms in total. The van der Waals surface area contributed by atoms with E-state index in [0.717, 1.165) is 18.2 Å². The Morgan fingerprint density at radius 1 is 1.88 bits per heavy atom. The molecule has 0 rings (SSSR count). The van der Waals surface area contributed by atoms with Gasteiger partial charge in [-0.3, -0.25) is 0 Å². The van der Waals surface area contributed by atoms with Crippen LogP contribution in [0.25, 0.3) is 0 Å². The van der Waals surface area contributed by atoms with E-state index in [2.05, 4.69) is 0 Å². The van der Waals surface area contributed by atoms with Gasteiger partial charge in [0.1, 0.15) is 5.40 Å². The zero-order valence-corrected chi connectivity index (χ0v) is 5.61. The number of aliphatic hydroxyl groups excluding tert-OH is 1. The zero-order valence-electron chi connectivity index (χ0n) is 4.79. The minimum Gasteiger partial charge on any atom is -0.392 e. The van der Waals surface area contributed by atoms with Gasteiger partial charge in [0.2, 0.25) is 0 Å². The summed E-state index contributed by atoms with van der Waals surface area (Å²) in [5, 5.41) is 18.7. The summed E-state index contributed by atoms with van der Waals surface area (Å²) in [6, 6.07) is 0. The van der Waals surface area contributed by atoms with E-state index in [0.29, 0.717) is 5.75 Å². The monoisotopic (exact) mass is 131 g/mol. The van der Waals surface area contributed by atoms with Crippen LogP contribution in [0.4, 0.5) is 0 Å². The van der Waals surface area contributed by atoms with Crippen LogP contribution in [0.5, 0.6) is 0 Å². The summed E-state index contributed by atoms with van der Waals surface area (Å²) in [6.07, 6.45) is 0.425. The summed E-state index contributed by atoms with van der Waals surface area (Å²) in [6.45, 7) is 1.89. The number of aliphatic hydroxyl groups is 1. The zero-order chi connectivity index (χ0) is 6.41. The van der Waals surface area contributed by atoms with Gasteiger partial charge in [0, 0.05) is 5.75 Å². The normalized spacial score (nSPS) is 12.6. The average molecular weight is 131 g/mol. The van der Waals surface area contributed by atoms with Crippen LogP contribution in [0, 0.1) is 10.7 Å². The standard InChI is InChI=1S/C5H9NOS/c1-2-5(7)3-8-4-6/h5,7H,2-3H2,1H3. The fourth-order valence-electron chi connectivity index (χ4n) is 0.251.